The number of hydrogen-bond acceptors (Lipinski definition) is 4. The van der Waals surface area contributed by atoms with Gasteiger partial charge in [-0.25, -0.2) is 8.42 Å². The van der Waals surface area contributed by atoms with Gasteiger partial charge in [-0.05, 0) is 25.0 Å². The highest BCUT2D eigenvalue weighted by Gasteiger charge is 2.25. The molecule has 5 nitrogen and oxygen atoms in total. The van der Waals surface area contributed by atoms with E-state index in [2.05, 4.69) is 0 Å². The van der Waals surface area contributed by atoms with Crippen LogP contribution in [-0.4, -0.2) is 36.9 Å². The molecule has 1 aromatic heterocycles. The Labute approximate surface area is 117 Å². The summed E-state index contributed by atoms with van der Waals surface area (Å²) in [5, 5.41) is 8.70. The van der Waals surface area contributed by atoms with Gasteiger partial charge in [0.15, 0.2) is 0 Å². The molecule has 0 spiro atoms. The van der Waals surface area contributed by atoms with Crippen LogP contribution < -0.4 is 0 Å². The van der Waals surface area contributed by atoms with Crippen LogP contribution in [0.1, 0.15) is 31.6 Å². The fourth-order valence-electron chi connectivity index (χ4n) is 1.72. The molecule has 19 heavy (non-hydrogen) atoms. The van der Waals surface area contributed by atoms with Crippen molar-refractivity contribution in [3.63, 3.8) is 0 Å². The average Bonchev–Trinajstić information content (AvgIpc) is 2.77. The Kier molecular flexibility index (Phi) is 5.96. The summed E-state index contributed by atoms with van der Waals surface area (Å²) in [5.74, 6) is -0.954. The topological polar surface area (TPSA) is 74.7 Å². The van der Waals surface area contributed by atoms with Gasteiger partial charge in [0.25, 0.3) is 10.0 Å². The van der Waals surface area contributed by atoms with E-state index < -0.39 is 16.0 Å². The van der Waals surface area contributed by atoms with Gasteiger partial charge in [-0.2, -0.15) is 4.31 Å². The zero-order valence-electron chi connectivity index (χ0n) is 11.1. The van der Waals surface area contributed by atoms with Crippen LogP contribution in [0.2, 0.25) is 0 Å². The van der Waals surface area contributed by atoms with Crippen molar-refractivity contribution in [2.75, 3.05) is 13.1 Å². The van der Waals surface area contributed by atoms with Crippen molar-refractivity contribution in [3.8, 4) is 0 Å². The molecule has 0 unspecified atom stereocenters. The minimum Gasteiger partial charge on any atom is -0.481 e. The van der Waals surface area contributed by atoms with Crippen LogP contribution in [0.15, 0.2) is 16.3 Å². The van der Waals surface area contributed by atoms with Crippen molar-refractivity contribution < 1.29 is 18.3 Å². The summed E-state index contributed by atoms with van der Waals surface area (Å²) in [7, 11) is -3.48. The van der Waals surface area contributed by atoms with E-state index in [1.807, 2.05) is 13.8 Å². The number of aliphatic carboxylic acids is 1. The van der Waals surface area contributed by atoms with Crippen molar-refractivity contribution in [1.82, 2.24) is 4.31 Å². The van der Waals surface area contributed by atoms with Gasteiger partial charge in [0.2, 0.25) is 0 Å². The molecule has 0 saturated carbocycles. The summed E-state index contributed by atoms with van der Waals surface area (Å²) in [4.78, 5) is 11.2. The third-order valence-corrected chi connectivity index (χ3v) is 5.95. The first kappa shape index (κ1) is 16.1. The first-order valence-corrected chi connectivity index (χ1v) is 8.48. The molecule has 1 N–H and O–H groups in total. The van der Waals surface area contributed by atoms with Gasteiger partial charge in [0.05, 0.1) is 6.42 Å². The summed E-state index contributed by atoms with van der Waals surface area (Å²) < 4.78 is 26.5. The van der Waals surface area contributed by atoms with Crippen LogP contribution in [0.4, 0.5) is 0 Å². The van der Waals surface area contributed by atoms with Gasteiger partial charge in [0.1, 0.15) is 4.21 Å². The van der Waals surface area contributed by atoms with E-state index in [1.54, 1.807) is 6.07 Å². The van der Waals surface area contributed by atoms with Gasteiger partial charge in [0, 0.05) is 18.0 Å². The van der Waals surface area contributed by atoms with Gasteiger partial charge >= 0.3 is 5.97 Å². The Morgan fingerprint density at radius 1 is 1.26 bits per heavy atom. The fourth-order valence-corrected chi connectivity index (χ4v) is 4.84. The lowest BCUT2D eigenvalue weighted by atomic mass is 10.3. The van der Waals surface area contributed by atoms with Crippen molar-refractivity contribution in [3.05, 3.63) is 17.0 Å². The number of hydrogen-bond donors (Lipinski definition) is 1. The lowest BCUT2D eigenvalue weighted by Crippen LogP contribution is -2.32. The predicted molar refractivity (Wildman–Crippen MR) is 75.0 cm³/mol. The van der Waals surface area contributed by atoms with Gasteiger partial charge < -0.3 is 5.11 Å². The molecule has 0 aromatic carbocycles. The minimum atomic E-state index is -3.48. The molecule has 108 valence electrons. The van der Waals surface area contributed by atoms with Crippen LogP contribution in [0, 0.1) is 0 Å². The highest BCUT2D eigenvalue weighted by molar-refractivity contribution is 7.91. The summed E-state index contributed by atoms with van der Waals surface area (Å²) in [6, 6.07) is 3.07. The molecule has 1 rings (SSSR count). The molecule has 0 amide bonds. The molecule has 0 aliphatic rings. The van der Waals surface area contributed by atoms with Gasteiger partial charge in [-0.1, -0.05) is 13.8 Å². The van der Waals surface area contributed by atoms with Crippen molar-refractivity contribution in [2.24, 2.45) is 0 Å². The zero-order chi connectivity index (χ0) is 14.5. The molecule has 1 aromatic rings. The Morgan fingerprint density at radius 2 is 1.84 bits per heavy atom. The predicted octanol–water partition coefficient (Wildman–Crippen LogP) is 2.19. The maximum Gasteiger partial charge on any atom is 0.308 e. The second-order valence-electron chi connectivity index (χ2n) is 4.20. The number of carboxylic acids is 1. The van der Waals surface area contributed by atoms with Crippen LogP contribution in [-0.2, 0) is 21.2 Å². The molecule has 7 heteroatoms. The molecule has 0 bridgehead atoms. The average molecular weight is 305 g/mol. The molecular formula is C12H19NO4S2. The number of carbonyl (C=O) groups is 1. The molecule has 0 radical (unpaired) electrons. The largest absolute Gasteiger partial charge is 0.481 e. The molecule has 1 heterocycles. The summed E-state index contributed by atoms with van der Waals surface area (Å²) >= 11 is 1.04. The van der Waals surface area contributed by atoms with E-state index in [9.17, 15) is 13.2 Å². The lowest BCUT2D eigenvalue weighted by molar-refractivity contribution is -0.136. The lowest BCUT2D eigenvalue weighted by Gasteiger charge is -2.19. The van der Waals surface area contributed by atoms with Crippen LogP contribution >= 0.6 is 11.3 Å². The maximum atomic E-state index is 12.4. The summed E-state index contributed by atoms with van der Waals surface area (Å²) in [6.45, 7) is 4.84. The highest BCUT2D eigenvalue weighted by atomic mass is 32.2. The fraction of sp³-hybridized carbons (Fsp3) is 0.583. The van der Waals surface area contributed by atoms with Crippen LogP contribution in [0.3, 0.4) is 0 Å². The molecule has 0 atom stereocenters. The Balaban J connectivity index is 2.97. The molecule has 0 aliphatic carbocycles. The monoisotopic (exact) mass is 305 g/mol. The molecule has 0 aliphatic heterocycles. The Hall–Kier alpha value is -0.920. The third kappa shape index (κ3) is 4.29. The highest BCUT2D eigenvalue weighted by Crippen LogP contribution is 2.25. The summed E-state index contributed by atoms with van der Waals surface area (Å²) in [6.07, 6.45) is 1.38. The molecular weight excluding hydrogens is 286 g/mol. The second kappa shape index (κ2) is 7.02. The normalized spacial score (nSPS) is 11.9. The number of sulfonamides is 1. The van der Waals surface area contributed by atoms with E-state index in [0.717, 1.165) is 24.2 Å². The standard InChI is InChI=1S/C12H19NO4S2/c1-3-7-13(8-4-2)19(16,17)12-6-5-10(18-12)9-11(14)15/h5-6H,3-4,7-9H2,1-2H3,(H,14,15). The van der Waals surface area contributed by atoms with E-state index in [0.29, 0.717) is 18.0 Å². The molecule has 0 fully saturated rings. The van der Waals surface area contributed by atoms with Gasteiger partial charge in [-0.15, -0.1) is 11.3 Å². The van der Waals surface area contributed by atoms with Crippen LogP contribution in [0.25, 0.3) is 0 Å². The van der Waals surface area contributed by atoms with E-state index in [1.165, 1.54) is 10.4 Å². The minimum absolute atomic E-state index is 0.137. The zero-order valence-corrected chi connectivity index (χ0v) is 12.8. The Morgan fingerprint density at radius 3 is 2.32 bits per heavy atom. The number of carboxylic acid groups (broad SMARTS) is 1. The first-order valence-electron chi connectivity index (χ1n) is 6.22. The van der Waals surface area contributed by atoms with Gasteiger partial charge in [-0.3, -0.25) is 4.79 Å². The van der Waals surface area contributed by atoms with E-state index >= 15 is 0 Å². The number of nitrogens with zero attached hydrogens (tertiary/aromatic N) is 1. The van der Waals surface area contributed by atoms with Crippen molar-refractivity contribution in [2.45, 2.75) is 37.3 Å². The Bertz CT molecular complexity index is 516. The van der Waals surface area contributed by atoms with Crippen LogP contribution in [0.5, 0.6) is 0 Å². The van der Waals surface area contributed by atoms with Crippen molar-refractivity contribution >= 4 is 27.3 Å². The smallest absolute Gasteiger partial charge is 0.308 e. The van der Waals surface area contributed by atoms with E-state index in [4.69, 9.17) is 5.11 Å². The SMILES string of the molecule is CCCN(CCC)S(=O)(=O)c1ccc(CC(=O)O)s1. The third-order valence-electron chi connectivity index (χ3n) is 2.50. The number of thiophene rings is 1. The number of rotatable bonds is 8. The van der Waals surface area contributed by atoms with Crippen molar-refractivity contribution in [1.29, 1.82) is 0 Å². The summed E-state index contributed by atoms with van der Waals surface area (Å²) in [5.41, 5.74) is 0. The quantitative estimate of drug-likeness (QED) is 0.799. The van der Waals surface area contributed by atoms with E-state index in [-0.39, 0.29) is 10.6 Å². The molecule has 0 saturated heterocycles. The maximum absolute atomic E-state index is 12.4. The first-order chi connectivity index (χ1) is 8.91. The second-order valence-corrected chi connectivity index (χ2v) is 7.53.